The molecule has 0 aromatic heterocycles. The van der Waals surface area contributed by atoms with Gasteiger partial charge in [-0.15, -0.1) is 0 Å². The first kappa shape index (κ1) is 12.8. The molecule has 16 heavy (non-hydrogen) atoms. The van der Waals surface area contributed by atoms with Crippen molar-refractivity contribution in [3.63, 3.8) is 0 Å². The number of rotatable bonds is 3. The van der Waals surface area contributed by atoms with Crippen LogP contribution in [0.25, 0.3) is 0 Å². The third-order valence-corrected chi connectivity index (χ3v) is 2.38. The van der Waals surface area contributed by atoms with E-state index in [0.29, 0.717) is 5.56 Å². The Labute approximate surface area is 96.5 Å². The fourth-order valence-corrected chi connectivity index (χ4v) is 1.57. The number of aromatic hydroxyl groups is 1. The van der Waals surface area contributed by atoms with E-state index in [1.54, 1.807) is 6.92 Å². The van der Waals surface area contributed by atoms with Crippen molar-refractivity contribution in [1.29, 1.82) is 0 Å². The number of carboxylic acids is 1. The summed E-state index contributed by atoms with van der Waals surface area (Å²) < 4.78 is 0. The van der Waals surface area contributed by atoms with E-state index in [-0.39, 0.29) is 16.3 Å². The zero-order valence-electron chi connectivity index (χ0n) is 8.38. The van der Waals surface area contributed by atoms with Crippen LogP contribution < -0.4 is 0 Å². The van der Waals surface area contributed by atoms with Crippen molar-refractivity contribution in [3.05, 3.63) is 28.3 Å². The third kappa shape index (κ3) is 2.44. The second kappa shape index (κ2) is 4.69. The van der Waals surface area contributed by atoms with Crippen LogP contribution in [0.5, 0.6) is 5.75 Å². The number of hydrogen-bond donors (Lipinski definition) is 4. The zero-order chi connectivity index (χ0) is 12.5. The van der Waals surface area contributed by atoms with E-state index < -0.39 is 18.2 Å². The first-order valence-corrected chi connectivity index (χ1v) is 4.80. The fourth-order valence-electron chi connectivity index (χ4n) is 1.29. The smallest absolute Gasteiger partial charge is 0.335 e. The number of halogens is 1. The highest BCUT2D eigenvalue weighted by molar-refractivity contribution is 6.30. The highest BCUT2D eigenvalue weighted by atomic mass is 35.5. The van der Waals surface area contributed by atoms with Gasteiger partial charge in [0.25, 0.3) is 0 Å². The maximum Gasteiger partial charge on any atom is 0.335 e. The molecule has 2 unspecified atom stereocenters. The van der Waals surface area contributed by atoms with Crippen LogP contribution in [0.4, 0.5) is 0 Å². The number of hydrogen-bond acceptors (Lipinski definition) is 4. The second-order valence-corrected chi connectivity index (χ2v) is 3.82. The van der Waals surface area contributed by atoms with Crippen LogP contribution in [0, 0.1) is 6.92 Å². The molecule has 1 aromatic rings. The summed E-state index contributed by atoms with van der Waals surface area (Å²) in [5.41, 5.74) is 0.277. The average molecular weight is 247 g/mol. The van der Waals surface area contributed by atoms with Gasteiger partial charge in [-0.05, 0) is 24.6 Å². The lowest BCUT2D eigenvalue weighted by molar-refractivity contribution is -0.153. The predicted octanol–water partition coefficient (Wildman–Crippen LogP) is 0.833. The lowest BCUT2D eigenvalue weighted by atomic mass is 10.0. The number of aliphatic carboxylic acids is 1. The van der Waals surface area contributed by atoms with E-state index in [0.717, 1.165) is 0 Å². The van der Waals surface area contributed by atoms with Crippen molar-refractivity contribution >= 4 is 17.6 Å². The highest BCUT2D eigenvalue weighted by Gasteiger charge is 2.28. The molecule has 0 bridgehead atoms. The molecule has 0 saturated heterocycles. The number of aliphatic hydroxyl groups excluding tert-OH is 2. The van der Waals surface area contributed by atoms with Crippen molar-refractivity contribution in [2.24, 2.45) is 0 Å². The standard InChI is InChI=1S/C10H11ClO5/c1-4-2-5(11)3-6(7(4)12)8(13)9(14)10(15)16/h2-3,8-9,12-14H,1H3,(H,15,16). The number of carboxylic acid groups (broad SMARTS) is 1. The molecule has 1 aromatic carbocycles. The van der Waals surface area contributed by atoms with Gasteiger partial charge in [0.2, 0.25) is 0 Å². The fraction of sp³-hybridized carbons (Fsp3) is 0.300. The van der Waals surface area contributed by atoms with Gasteiger partial charge >= 0.3 is 5.97 Å². The van der Waals surface area contributed by atoms with Crippen LogP contribution in [0.3, 0.4) is 0 Å². The first-order chi connectivity index (χ1) is 7.34. The Kier molecular flexibility index (Phi) is 3.74. The van der Waals surface area contributed by atoms with Crippen molar-refractivity contribution in [3.8, 4) is 5.75 Å². The van der Waals surface area contributed by atoms with Gasteiger partial charge in [0.05, 0.1) is 0 Å². The second-order valence-electron chi connectivity index (χ2n) is 3.39. The SMILES string of the molecule is Cc1cc(Cl)cc(C(O)C(O)C(=O)O)c1O. The van der Waals surface area contributed by atoms with Gasteiger partial charge in [-0.2, -0.15) is 0 Å². The first-order valence-electron chi connectivity index (χ1n) is 4.42. The quantitative estimate of drug-likeness (QED) is 0.633. The van der Waals surface area contributed by atoms with Crippen LogP contribution >= 0.6 is 11.6 Å². The Hall–Kier alpha value is -1.30. The summed E-state index contributed by atoms with van der Waals surface area (Å²) in [4.78, 5) is 10.5. The van der Waals surface area contributed by atoms with Crippen LogP contribution in [0.1, 0.15) is 17.2 Å². The molecule has 0 radical (unpaired) electrons. The molecule has 0 aliphatic heterocycles. The molecule has 4 N–H and O–H groups in total. The molecular formula is C10H11ClO5. The third-order valence-electron chi connectivity index (χ3n) is 2.17. The monoisotopic (exact) mass is 246 g/mol. The Balaban J connectivity index is 3.17. The summed E-state index contributed by atoms with van der Waals surface area (Å²) in [6, 6.07) is 2.67. The molecule has 1 rings (SSSR count). The lowest BCUT2D eigenvalue weighted by Gasteiger charge is -2.17. The molecule has 5 nitrogen and oxygen atoms in total. The summed E-state index contributed by atoms with van der Waals surface area (Å²) in [5.74, 6) is -1.86. The van der Waals surface area contributed by atoms with Gasteiger partial charge in [-0.1, -0.05) is 11.6 Å². The number of carbonyl (C=O) groups is 1. The van der Waals surface area contributed by atoms with Gasteiger partial charge in [-0.25, -0.2) is 4.79 Å². The molecule has 0 spiro atoms. The Bertz CT molecular complexity index is 418. The molecular weight excluding hydrogens is 236 g/mol. The van der Waals surface area contributed by atoms with E-state index in [1.165, 1.54) is 12.1 Å². The number of benzene rings is 1. The van der Waals surface area contributed by atoms with E-state index in [1.807, 2.05) is 0 Å². The lowest BCUT2D eigenvalue weighted by Crippen LogP contribution is -2.27. The maximum atomic E-state index is 10.5. The molecule has 6 heteroatoms. The van der Waals surface area contributed by atoms with E-state index in [4.69, 9.17) is 21.8 Å². The van der Waals surface area contributed by atoms with Crippen LogP contribution in [-0.4, -0.2) is 32.5 Å². The predicted molar refractivity (Wildman–Crippen MR) is 56.5 cm³/mol. The van der Waals surface area contributed by atoms with Crippen LogP contribution in [0.15, 0.2) is 12.1 Å². The van der Waals surface area contributed by atoms with Gasteiger partial charge < -0.3 is 20.4 Å². The Morgan fingerprint density at radius 1 is 1.38 bits per heavy atom. The zero-order valence-corrected chi connectivity index (χ0v) is 9.14. The minimum absolute atomic E-state index is 0.111. The number of phenolic OH excluding ortho intramolecular Hbond substituents is 1. The number of aryl methyl sites for hydroxylation is 1. The minimum Gasteiger partial charge on any atom is -0.507 e. The Morgan fingerprint density at radius 3 is 2.44 bits per heavy atom. The topological polar surface area (TPSA) is 98.0 Å². The molecule has 0 fully saturated rings. The number of aliphatic hydroxyl groups is 2. The van der Waals surface area contributed by atoms with Crippen molar-refractivity contribution in [1.82, 2.24) is 0 Å². The van der Waals surface area contributed by atoms with Crippen molar-refractivity contribution in [2.75, 3.05) is 0 Å². The maximum absolute atomic E-state index is 10.5. The summed E-state index contributed by atoms with van der Waals surface area (Å²) in [6.45, 7) is 1.55. The number of phenols is 1. The molecule has 0 heterocycles. The molecule has 0 amide bonds. The highest BCUT2D eigenvalue weighted by Crippen LogP contribution is 2.32. The van der Waals surface area contributed by atoms with Crippen molar-refractivity contribution < 1.29 is 25.2 Å². The van der Waals surface area contributed by atoms with Gasteiger partial charge in [0, 0.05) is 10.6 Å². The minimum atomic E-state index is -2.01. The average Bonchev–Trinajstić information content (AvgIpc) is 2.21. The normalized spacial score (nSPS) is 14.5. The van der Waals surface area contributed by atoms with E-state index in [2.05, 4.69) is 0 Å². The summed E-state index contributed by atoms with van der Waals surface area (Å²) >= 11 is 5.70. The summed E-state index contributed by atoms with van der Waals surface area (Å²) in [5, 5.41) is 37.0. The van der Waals surface area contributed by atoms with Crippen LogP contribution in [-0.2, 0) is 4.79 Å². The van der Waals surface area contributed by atoms with Crippen LogP contribution in [0.2, 0.25) is 5.02 Å². The molecule has 88 valence electrons. The van der Waals surface area contributed by atoms with E-state index >= 15 is 0 Å². The van der Waals surface area contributed by atoms with Gasteiger partial charge in [0.1, 0.15) is 11.9 Å². The molecule has 0 aliphatic rings. The van der Waals surface area contributed by atoms with Crippen molar-refractivity contribution in [2.45, 2.75) is 19.1 Å². The van der Waals surface area contributed by atoms with Gasteiger partial charge in [-0.3, -0.25) is 0 Å². The van der Waals surface area contributed by atoms with E-state index in [9.17, 15) is 15.0 Å². The summed E-state index contributed by atoms with van der Waals surface area (Å²) in [7, 11) is 0. The summed E-state index contributed by atoms with van der Waals surface area (Å²) in [6.07, 6.45) is -3.74. The molecule has 2 atom stereocenters. The van der Waals surface area contributed by atoms with Gasteiger partial charge in [0.15, 0.2) is 6.10 Å². The molecule has 0 aliphatic carbocycles. The Morgan fingerprint density at radius 2 is 1.94 bits per heavy atom. The molecule has 0 saturated carbocycles. The largest absolute Gasteiger partial charge is 0.507 e.